The molecule has 0 aliphatic heterocycles. The van der Waals surface area contributed by atoms with Crippen LogP contribution in [-0.2, 0) is 0 Å². The minimum atomic E-state index is -0.843. The molecular formula is C12H25NO2. The monoisotopic (exact) mass is 215 g/mol. The summed E-state index contributed by atoms with van der Waals surface area (Å²) in [5.74, 6) is 0. The van der Waals surface area contributed by atoms with E-state index in [-0.39, 0.29) is 12.6 Å². The molecule has 0 spiro atoms. The van der Waals surface area contributed by atoms with Gasteiger partial charge in [0.15, 0.2) is 0 Å². The highest BCUT2D eigenvalue weighted by Gasteiger charge is 2.32. The minimum Gasteiger partial charge on any atom is -0.395 e. The van der Waals surface area contributed by atoms with E-state index in [1.807, 2.05) is 32.8 Å². The predicted octanol–water partition coefficient (Wildman–Crippen LogP) is 1.41. The molecule has 15 heavy (non-hydrogen) atoms. The summed E-state index contributed by atoms with van der Waals surface area (Å²) < 4.78 is 0. The number of aliphatic hydroxyl groups excluding tert-OH is 1. The fourth-order valence-electron chi connectivity index (χ4n) is 1.74. The van der Waals surface area contributed by atoms with Crippen molar-refractivity contribution >= 4 is 0 Å². The average molecular weight is 215 g/mol. The highest BCUT2D eigenvalue weighted by molar-refractivity contribution is 4.96. The van der Waals surface area contributed by atoms with E-state index in [9.17, 15) is 10.2 Å². The predicted molar refractivity (Wildman–Crippen MR) is 63.8 cm³/mol. The van der Waals surface area contributed by atoms with Crippen molar-refractivity contribution in [2.75, 3.05) is 20.7 Å². The van der Waals surface area contributed by atoms with Gasteiger partial charge in [-0.25, -0.2) is 0 Å². The van der Waals surface area contributed by atoms with Gasteiger partial charge in [0.05, 0.1) is 18.2 Å². The van der Waals surface area contributed by atoms with E-state index in [4.69, 9.17) is 0 Å². The molecule has 0 aromatic heterocycles. The zero-order chi connectivity index (χ0) is 12.1. The third-order valence-corrected chi connectivity index (χ3v) is 2.72. The number of likely N-dealkylation sites (N-methyl/N-ethyl adjacent to an activating group) is 1. The first-order valence-electron chi connectivity index (χ1n) is 5.44. The van der Waals surface area contributed by atoms with Crippen LogP contribution in [-0.4, -0.2) is 47.5 Å². The number of aliphatic hydroxyl groups is 2. The van der Waals surface area contributed by atoms with Gasteiger partial charge >= 0.3 is 0 Å². The second-order valence-corrected chi connectivity index (χ2v) is 4.84. The zero-order valence-electron chi connectivity index (χ0n) is 10.6. The quantitative estimate of drug-likeness (QED) is 0.658. The molecule has 0 amide bonds. The summed E-state index contributed by atoms with van der Waals surface area (Å²) in [6.45, 7) is 5.86. The molecule has 3 nitrogen and oxygen atoms in total. The second kappa shape index (κ2) is 6.26. The van der Waals surface area contributed by atoms with Crippen LogP contribution >= 0.6 is 0 Å². The Kier molecular flexibility index (Phi) is 6.10. The first-order chi connectivity index (χ1) is 6.81. The van der Waals surface area contributed by atoms with E-state index in [2.05, 4.69) is 6.08 Å². The van der Waals surface area contributed by atoms with Crippen LogP contribution in [0.15, 0.2) is 11.6 Å². The summed E-state index contributed by atoms with van der Waals surface area (Å²) in [7, 11) is 3.74. The molecule has 0 saturated carbocycles. The summed E-state index contributed by atoms with van der Waals surface area (Å²) in [5.41, 5.74) is 0.417. The molecule has 2 atom stereocenters. The van der Waals surface area contributed by atoms with Crippen LogP contribution in [0.4, 0.5) is 0 Å². The molecule has 0 aliphatic carbocycles. The third-order valence-electron chi connectivity index (χ3n) is 2.72. The third kappa shape index (κ3) is 5.30. The molecular weight excluding hydrogens is 190 g/mol. The fourth-order valence-corrected chi connectivity index (χ4v) is 1.74. The normalized spacial score (nSPS) is 17.3. The highest BCUT2D eigenvalue weighted by Crippen LogP contribution is 2.20. The molecule has 0 fully saturated rings. The smallest absolute Gasteiger partial charge is 0.0799 e. The Labute approximate surface area is 93.4 Å². The number of rotatable bonds is 6. The van der Waals surface area contributed by atoms with Crippen LogP contribution in [0.25, 0.3) is 0 Å². The van der Waals surface area contributed by atoms with Crippen molar-refractivity contribution in [3.05, 3.63) is 11.6 Å². The Morgan fingerprint density at radius 2 is 1.93 bits per heavy atom. The Morgan fingerprint density at radius 1 is 1.40 bits per heavy atom. The standard InChI is InChI=1S/C12H25NO2/c1-10(2)7-6-8-12(3,15)11(9-14)13(4)5/h7,11,14-15H,6,8-9H2,1-5H3. The molecule has 0 aromatic rings. The summed E-state index contributed by atoms with van der Waals surface area (Å²) in [6, 6.07) is -0.205. The molecule has 3 heteroatoms. The first-order valence-corrected chi connectivity index (χ1v) is 5.44. The van der Waals surface area contributed by atoms with E-state index < -0.39 is 5.60 Å². The van der Waals surface area contributed by atoms with Gasteiger partial charge in [0.25, 0.3) is 0 Å². The molecule has 0 aliphatic rings. The lowest BCUT2D eigenvalue weighted by molar-refractivity contribution is -0.0444. The van der Waals surface area contributed by atoms with Gasteiger partial charge in [0.2, 0.25) is 0 Å². The average Bonchev–Trinajstić information content (AvgIpc) is 2.01. The molecule has 0 rings (SSSR count). The lowest BCUT2D eigenvalue weighted by Gasteiger charge is -2.36. The highest BCUT2D eigenvalue weighted by atomic mass is 16.3. The lowest BCUT2D eigenvalue weighted by Crippen LogP contribution is -2.50. The minimum absolute atomic E-state index is 0.0190. The van der Waals surface area contributed by atoms with Crippen molar-refractivity contribution in [1.82, 2.24) is 4.90 Å². The van der Waals surface area contributed by atoms with Crippen molar-refractivity contribution in [1.29, 1.82) is 0 Å². The van der Waals surface area contributed by atoms with Crippen molar-refractivity contribution in [2.45, 2.75) is 45.3 Å². The SMILES string of the molecule is CC(C)=CCCC(C)(O)C(CO)N(C)C. The van der Waals surface area contributed by atoms with Crippen molar-refractivity contribution in [3.8, 4) is 0 Å². The largest absolute Gasteiger partial charge is 0.395 e. The van der Waals surface area contributed by atoms with Crippen LogP contribution in [0.5, 0.6) is 0 Å². The van der Waals surface area contributed by atoms with E-state index in [0.717, 1.165) is 6.42 Å². The van der Waals surface area contributed by atoms with Gasteiger partial charge in [0.1, 0.15) is 0 Å². The fraction of sp³-hybridized carbons (Fsp3) is 0.833. The maximum absolute atomic E-state index is 10.2. The van der Waals surface area contributed by atoms with E-state index >= 15 is 0 Å². The molecule has 2 N–H and O–H groups in total. The van der Waals surface area contributed by atoms with Gasteiger partial charge in [0, 0.05) is 0 Å². The Bertz CT molecular complexity index is 206. The molecule has 2 unspecified atom stereocenters. The summed E-state index contributed by atoms with van der Waals surface area (Å²) in [6.07, 6.45) is 3.62. The van der Waals surface area contributed by atoms with Gasteiger partial charge in [-0.3, -0.25) is 0 Å². The van der Waals surface area contributed by atoms with Crippen LogP contribution in [0.1, 0.15) is 33.6 Å². The summed E-state index contributed by atoms with van der Waals surface area (Å²) >= 11 is 0. The van der Waals surface area contributed by atoms with Crippen LogP contribution in [0, 0.1) is 0 Å². The Balaban J connectivity index is 4.31. The second-order valence-electron chi connectivity index (χ2n) is 4.84. The maximum Gasteiger partial charge on any atom is 0.0799 e. The van der Waals surface area contributed by atoms with E-state index in [1.165, 1.54) is 5.57 Å². The molecule has 0 heterocycles. The van der Waals surface area contributed by atoms with Crippen LogP contribution in [0.3, 0.4) is 0 Å². The molecule has 90 valence electrons. The van der Waals surface area contributed by atoms with Crippen LogP contribution in [0.2, 0.25) is 0 Å². The number of hydrogen-bond acceptors (Lipinski definition) is 3. The van der Waals surface area contributed by atoms with Crippen LogP contribution < -0.4 is 0 Å². The Hall–Kier alpha value is -0.380. The maximum atomic E-state index is 10.2. The first kappa shape index (κ1) is 14.6. The van der Waals surface area contributed by atoms with Crippen molar-refractivity contribution in [2.24, 2.45) is 0 Å². The Morgan fingerprint density at radius 3 is 2.27 bits per heavy atom. The van der Waals surface area contributed by atoms with Gasteiger partial charge in [-0.2, -0.15) is 0 Å². The number of allylic oxidation sites excluding steroid dienone is 2. The van der Waals surface area contributed by atoms with Crippen molar-refractivity contribution in [3.63, 3.8) is 0 Å². The van der Waals surface area contributed by atoms with Gasteiger partial charge in [-0.05, 0) is 47.7 Å². The topological polar surface area (TPSA) is 43.7 Å². The summed E-state index contributed by atoms with van der Waals surface area (Å²) in [5, 5.41) is 19.5. The number of hydrogen-bond donors (Lipinski definition) is 2. The van der Waals surface area contributed by atoms with E-state index in [0.29, 0.717) is 6.42 Å². The summed E-state index contributed by atoms with van der Waals surface area (Å²) in [4.78, 5) is 1.86. The van der Waals surface area contributed by atoms with Gasteiger partial charge in [-0.15, -0.1) is 0 Å². The van der Waals surface area contributed by atoms with Crippen molar-refractivity contribution < 1.29 is 10.2 Å². The molecule has 0 radical (unpaired) electrons. The van der Waals surface area contributed by atoms with Gasteiger partial charge in [-0.1, -0.05) is 11.6 Å². The van der Waals surface area contributed by atoms with Gasteiger partial charge < -0.3 is 15.1 Å². The molecule has 0 aromatic carbocycles. The number of nitrogens with zero attached hydrogens (tertiary/aromatic N) is 1. The van der Waals surface area contributed by atoms with E-state index in [1.54, 1.807) is 6.92 Å². The molecule has 0 bridgehead atoms. The lowest BCUT2D eigenvalue weighted by atomic mass is 9.90. The zero-order valence-corrected chi connectivity index (χ0v) is 10.6. The molecule has 0 saturated heterocycles.